The van der Waals surface area contributed by atoms with E-state index in [1.54, 1.807) is 6.07 Å². The third-order valence-electron chi connectivity index (χ3n) is 2.66. The molecule has 1 unspecified atom stereocenters. The van der Waals surface area contributed by atoms with Crippen LogP contribution in [0.2, 0.25) is 0 Å². The molecule has 2 aromatic carbocycles. The molecule has 1 atom stereocenters. The third-order valence-corrected chi connectivity index (χ3v) is 3.82. The maximum atomic E-state index is 13.7. The summed E-state index contributed by atoms with van der Waals surface area (Å²) in [7, 11) is 0. The van der Waals surface area contributed by atoms with Crippen molar-refractivity contribution in [3.63, 3.8) is 0 Å². The summed E-state index contributed by atoms with van der Waals surface area (Å²) in [6.07, 6.45) is 0. The third kappa shape index (κ3) is 2.73. The van der Waals surface area contributed by atoms with Crippen LogP contribution >= 0.6 is 27.5 Å². The van der Waals surface area contributed by atoms with E-state index in [-0.39, 0.29) is 5.56 Å². The second-order valence-corrected chi connectivity index (χ2v) is 5.34. The molecule has 2 aromatic rings. The largest absolute Gasteiger partial charge is 0.207 e. The summed E-state index contributed by atoms with van der Waals surface area (Å²) >= 11 is 9.62. The van der Waals surface area contributed by atoms with Gasteiger partial charge in [-0.1, -0.05) is 28.1 Å². The van der Waals surface area contributed by atoms with E-state index in [0.29, 0.717) is 5.56 Å². The Morgan fingerprint density at radius 2 is 1.78 bits per heavy atom. The van der Waals surface area contributed by atoms with Gasteiger partial charge in [-0.3, -0.25) is 0 Å². The molecule has 0 radical (unpaired) electrons. The highest BCUT2D eigenvalue weighted by Gasteiger charge is 2.18. The lowest BCUT2D eigenvalue weighted by molar-refractivity contribution is 0.587. The second-order valence-electron chi connectivity index (χ2n) is 4.05. The van der Waals surface area contributed by atoms with Crippen LogP contribution in [-0.4, -0.2) is 0 Å². The monoisotopic (exact) mass is 330 g/mol. The topological polar surface area (TPSA) is 0 Å². The van der Waals surface area contributed by atoms with Crippen molar-refractivity contribution in [2.45, 2.75) is 12.3 Å². The Labute approximate surface area is 118 Å². The van der Waals surface area contributed by atoms with E-state index in [9.17, 15) is 8.78 Å². The molecule has 0 aromatic heterocycles. The van der Waals surface area contributed by atoms with Gasteiger partial charge in [0, 0.05) is 10.0 Å². The van der Waals surface area contributed by atoms with Crippen molar-refractivity contribution in [3.05, 3.63) is 69.2 Å². The molecule has 0 heterocycles. The Hall–Kier alpha value is -0.930. The van der Waals surface area contributed by atoms with Crippen LogP contribution in [0.4, 0.5) is 8.78 Å². The van der Waals surface area contributed by atoms with Gasteiger partial charge in [-0.15, -0.1) is 11.6 Å². The van der Waals surface area contributed by atoms with Gasteiger partial charge in [0.2, 0.25) is 0 Å². The average molecular weight is 332 g/mol. The molecule has 0 spiro atoms. The fourth-order valence-electron chi connectivity index (χ4n) is 1.71. The van der Waals surface area contributed by atoms with Crippen LogP contribution in [0, 0.1) is 18.6 Å². The molecule has 94 valence electrons. The Kier molecular flexibility index (Phi) is 4.03. The number of benzene rings is 2. The summed E-state index contributed by atoms with van der Waals surface area (Å²) < 4.78 is 27.6. The predicted molar refractivity (Wildman–Crippen MR) is 72.9 cm³/mol. The highest BCUT2D eigenvalue weighted by atomic mass is 79.9. The smallest absolute Gasteiger partial charge is 0.128 e. The molecule has 18 heavy (non-hydrogen) atoms. The molecule has 0 aliphatic rings. The first-order valence-electron chi connectivity index (χ1n) is 5.34. The van der Waals surface area contributed by atoms with E-state index in [4.69, 9.17) is 11.6 Å². The van der Waals surface area contributed by atoms with E-state index in [1.165, 1.54) is 0 Å². The summed E-state index contributed by atoms with van der Waals surface area (Å²) in [5.74, 6) is -1.01. The first kappa shape index (κ1) is 13.5. The summed E-state index contributed by atoms with van der Waals surface area (Å²) in [4.78, 5) is 0. The van der Waals surface area contributed by atoms with Crippen LogP contribution in [-0.2, 0) is 0 Å². The van der Waals surface area contributed by atoms with Crippen molar-refractivity contribution in [2.75, 3.05) is 0 Å². The van der Waals surface area contributed by atoms with Gasteiger partial charge in [0.25, 0.3) is 0 Å². The van der Waals surface area contributed by atoms with E-state index < -0.39 is 17.0 Å². The molecular weight excluding hydrogens is 322 g/mol. The van der Waals surface area contributed by atoms with Crippen LogP contribution in [0.3, 0.4) is 0 Å². The molecule has 0 amide bonds. The second kappa shape index (κ2) is 5.37. The zero-order valence-electron chi connectivity index (χ0n) is 9.55. The molecule has 4 heteroatoms. The van der Waals surface area contributed by atoms with Crippen LogP contribution < -0.4 is 0 Å². The summed E-state index contributed by atoms with van der Waals surface area (Å²) in [6.45, 7) is 1.94. The number of halogens is 4. The van der Waals surface area contributed by atoms with Crippen LogP contribution in [0.25, 0.3) is 0 Å². The van der Waals surface area contributed by atoms with E-state index in [0.717, 1.165) is 28.2 Å². The number of hydrogen-bond donors (Lipinski definition) is 0. The van der Waals surface area contributed by atoms with E-state index >= 15 is 0 Å². The lowest BCUT2D eigenvalue weighted by Crippen LogP contribution is -1.99. The quantitative estimate of drug-likeness (QED) is 0.650. The highest BCUT2D eigenvalue weighted by Crippen LogP contribution is 2.35. The first-order chi connectivity index (χ1) is 8.49. The normalized spacial score (nSPS) is 12.5. The van der Waals surface area contributed by atoms with Crippen molar-refractivity contribution < 1.29 is 8.78 Å². The molecule has 0 N–H and O–H groups in total. The van der Waals surface area contributed by atoms with Gasteiger partial charge >= 0.3 is 0 Å². The highest BCUT2D eigenvalue weighted by molar-refractivity contribution is 9.10. The van der Waals surface area contributed by atoms with Crippen LogP contribution in [0.15, 0.2) is 40.9 Å². The first-order valence-corrected chi connectivity index (χ1v) is 6.57. The Morgan fingerprint density at radius 3 is 2.44 bits per heavy atom. The SMILES string of the molecule is Cc1ccc(C(Cl)c2cc(F)ccc2F)c(Br)c1. The molecule has 0 nitrogen and oxygen atoms in total. The zero-order chi connectivity index (χ0) is 13.3. The molecule has 0 saturated heterocycles. The molecule has 0 fully saturated rings. The molecule has 2 rings (SSSR count). The fourth-order valence-corrected chi connectivity index (χ4v) is 2.93. The van der Waals surface area contributed by atoms with Crippen molar-refractivity contribution in [3.8, 4) is 0 Å². The predicted octanol–water partition coefficient (Wildman–Crippen LogP) is 5.36. The number of alkyl halides is 1. The Bertz CT molecular complexity index is 584. The number of aryl methyl sites for hydroxylation is 1. The lowest BCUT2D eigenvalue weighted by atomic mass is 10.0. The minimum Gasteiger partial charge on any atom is -0.207 e. The standard InChI is InChI=1S/C14H10BrClF2/c1-8-2-4-10(12(15)6-8)14(16)11-7-9(17)3-5-13(11)18/h2-7,14H,1H3. The summed E-state index contributed by atoms with van der Waals surface area (Å²) in [5, 5.41) is -0.726. The number of rotatable bonds is 2. The van der Waals surface area contributed by atoms with Gasteiger partial charge < -0.3 is 0 Å². The molecule has 0 bridgehead atoms. The minimum atomic E-state index is -0.726. The summed E-state index contributed by atoms with van der Waals surface area (Å²) in [5.41, 5.74) is 1.92. The maximum absolute atomic E-state index is 13.7. The van der Waals surface area contributed by atoms with Gasteiger partial charge in [0.05, 0.1) is 5.38 Å². The molecular formula is C14H10BrClF2. The zero-order valence-corrected chi connectivity index (χ0v) is 11.9. The van der Waals surface area contributed by atoms with Crippen LogP contribution in [0.1, 0.15) is 22.1 Å². The number of hydrogen-bond acceptors (Lipinski definition) is 0. The lowest BCUT2D eigenvalue weighted by Gasteiger charge is -2.14. The van der Waals surface area contributed by atoms with Crippen molar-refractivity contribution >= 4 is 27.5 Å². The van der Waals surface area contributed by atoms with E-state index in [2.05, 4.69) is 15.9 Å². The van der Waals surface area contributed by atoms with Gasteiger partial charge in [-0.05, 0) is 42.3 Å². The Balaban J connectivity index is 2.47. The van der Waals surface area contributed by atoms with Crippen molar-refractivity contribution in [2.24, 2.45) is 0 Å². The van der Waals surface area contributed by atoms with Gasteiger partial charge in [0.1, 0.15) is 11.6 Å². The fraction of sp³-hybridized carbons (Fsp3) is 0.143. The van der Waals surface area contributed by atoms with Crippen molar-refractivity contribution in [1.29, 1.82) is 0 Å². The van der Waals surface area contributed by atoms with Gasteiger partial charge in [-0.2, -0.15) is 0 Å². The summed E-state index contributed by atoms with van der Waals surface area (Å²) in [6, 6.07) is 8.87. The van der Waals surface area contributed by atoms with Crippen molar-refractivity contribution in [1.82, 2.24) is 0 Å². The van der Waals surface area contributed by atoms with Gasteiger partial charge in [-0.25, -0.2) is 8.78 Å². The van der Waals surface area contributed by atoms with Gasteiger partial charge in [0.15, 0.2) is 0 Å². The Morgan fingerprint density at radius 1 is 1.06 bits per heavy atom. The van der Waals surface area contributed by atoms with Crippen LogP contribution in [0.5, 0.6) is 0 Å². The molecule has 0 saturated carbocycles. The minimum absolute atomic E-state index is 0.140. The maximum Gasteiger partial charge on any atom is 0.128 e. The molecule has 0 aliphatic heterocycles. The average Bonchev–Trinajstić information content (AvgIpc) is 2.31. The molecule has 0 aliphatic carbocycles. The van der Waals surface area contributed by atoms with E-state index in [1.807, 2.05) is 19.1 Å².